The molecule has 0 saturated heterocycles. The van der Waals surface area contributed by atoms with Crippen molar-refractivity contribution >= 4 is 33.2 Å². The molecule has 1 heterocycles. The predicted molar refractivity (Wildman–Crippen MR) is 130 cm³/mol. The maximum Gasteiger partial charge on any atom is 0.253 e. The summed E-state index contributed by atoms with van der Waals surface area (Å²) in [7, 11) is -3.56. The van der Waals surface area contributed by atoms with Crippen molar-refractivity contribution < 1.29 is 22.4 Å². The summed E-state index contributed by atoms with van der Waals surface area (Å²) in [6.07, 6.45) is 1.53. The average molecular weight is 485 g/mol. The van der Waals surface area contributed by atoms with Gasteiger partial charge in [0.05, 0.1) is 29.8 Å². The molecular weight excluding hydrogens is 456 g/mol. The van der Waals surface area contributed by atoms with Crippen LogP contribution in [0.1, 0.15) is 30.0 Å². The first-order valence-corrected chi connectivity index (χ1v) is 12.3. The third-order valence-corrected chi connectivity index (χ3v) is 7.16. The summed E-state index contributed by atoms with van der Waals surface area (Å²) in [5, 5.41) is 8.47. The summed E-state index contributed by atoms with van der Waals surface area (Å²) in [5.74, 6) is -0.0101. The molecule has 0 aliphatic rings. The highest BCUT2D eigenvalue weighted by molar-refractivity contribution is 7.89. The van der Waals surface area contributed by atoms with E-state index in [9.17, 15) is 18.0 Å². The number of carbonyl (C=O) groups excluding carboxylic acids is 2. The van der Waals surface area contributed by atoms with Gasteiger partial charge in [0.25, 0.3) is 5.91 Å². The molecule has 0 spiro atoms. The van der Waals surface area contributed by atoms with Crippen molar-refractivity contribution in [1.82, 2.24) is 9.62 Å². The topological polar surface area (TPSA) is 121 Å². The van der Waals surface area contributed by atoms with E-state index in [0.29, 0.717) is 35.8 Å². The lowest BCUT2D eigenvalue weighted by atomic mass is 10.1. The molecule has 0 radical (unpaired) electrons. The number of sulfonamides is 1. The number of para-hydroxylation sites is 1. The van der Waals surface area contributed by atoms with Crippen LogP contribution in [0.2, 0.25) is 0 Å². The van der Waals surface area contributed by atoms with Crippen molar-refractivity contribution in [3.63, 3.8) is 0 Å². The maximum atomic E-state index is 12.6. The molecule has 2 aromatic carbocycles. The maximum absolute atomic E-state index is 12.6. The van der Waals surface area contributed by atoms with E-state index in [4.69, 9.17) is 4.42 Å². The summed E-state index contributed by atoms with van der Waals surface area (Å²) in [6.45, 7) is 4.49. The SMILES string of the molecule is CCN(CC)S(=O)(=O)c1ccc(NC(=O)CNc2ccccc2C(=O)NCc2ccco2)cc1. The number of anilines is 2. The van der Waals surface area contributed by atoms with Gasteiger partial charge in [-0.3, -0.25) is 9.59 Å². The molecule has 10 heteroatoms. The first-order valence-electron chi connectivity index (χ1n) is 10.9. The molecule has 9 nitrogen and oxygen atoms in total. The van der Waals surface area contributed by atoms with Gasteiger partial charge in [0.2, 0.25) is 15.9 Å². The summed E-state index contributed by atoms with van der Waals surface area (Å²) in [6, 6.07) is 16.4. The smallest absolute Gasteiger partial charge is 0.253 e. The molecule has 0 fully saturated rings. The van der Waals surface area contributed by atoms with Crippen LogP contribution in [0.3, 0.4) is 0 Å². The Labute approximate surface area is 199 Å². The molecule has 0 unspecified atom stereocenters. The minimum Gasteiger partial charge on any atom is -0.467 e. The number of carbonyl (C=O) groups is 2. The van der Waals surface area contributed by atoms with Gasteiger partial charge in [0.1, 0.15) is 5.76 Å². The fourth-order valence-electron chi connectivity index (χ4n) is 3.31. The van der Waals surface area contributed by atoms with Gasteiger partial charge >= 0.3 is 0 Å². The number of furan rings is 1. The number of hydrogen-bond acceptors (Lipinski definition) is 6. The lowest BCUT2D eigenvalue weighted by Crippen LogP contribution is -2.30. The molecule has 2 amide bonds. The summed E-state index contributed by atoms with van der Waals surface area (Å²) in [4.78, 5) is 25.1. The van der Waals surface area contributed by atoms with Gasteiger partial charge in [0, 0.05) is 24.5 Å². The standard InChI is InChI=1S/C24H28N4O5S/c1-3-28(4-2)34(31,32)20-13-11-18(12-14-20)27-23(29)17-25-22-10-6-5-9-21(22)24(30)26-16-19-8-7-15-33-19/h5-15,25H,3-4,16-17H2,1-2H3,(H,26,30)(H,27,29). The lowest BCUT2D eigenvalue weighted by Gasteiger charge is -2.18. The molecule has 34 heavy (non-hydrogen) atoms. The largest absolute Gasteiger partial charge is 0.467 e. The molecule has 0 saturated carbocycles. The molecule has 180 valence electrons. The zero-order valence-corrected chi connectivity index (χ0v) is 19.9. The lowest BCUT2D eigenvalue weighted by molar-refractivity contribution is -0.114. The molecule has 0 aliphatic heterocycles. The van der Waals surface area contributed by atoms with Crippen molar-refractivity contribution in [1.29, 1.82) is 0 Å². The van der Waals surface area contributed by atoms with Crippen molar-refractivity contribution in [2.45, 2.75) is 25.3 Å². The monoisotopic (exact) mass is 484 g/mol. The minimum absolute atomic E-state index is 0.0814. The Morgan fingerprint density at radius 1 is 0.941 bits per heavy atom. The van der Waals surface area contributed by atoms with Crippen LogP contribution in [0.5, 0.6) is 0 Å². The Morgan fingerprint density at radius 3 is 2.29 bits per heavy atom. The van der Waals surface area contributed by atoms with Gasteiger partial charge in [-0.05, 0) is 48.5 Å². The molecule has 0 bridgehead atoms. The second kappa shape index (κ2) is 11.5. The summed E-state index contributed by atoms with van der Waals surface area (Å²) >= 11 is 0. The quantitative estimate of drug-likeness (QED) is 0.384. The fourth-order valence-corrected chi connectivity index (χ4v) is 4.77. The third kappa shape index (κ3) is 6.24. The number of benzene rings is 2. The van der Waals surface area contributed by atoms with Crippen LogP contribution in [0.25, 0.3) is 0 Å². The molecule has 3 aromatic rings. The Balaban J connectivity index is 1.58. The summed E-state index contributed by atoms with van der Waals surface area (Å²) in [5.41, 5.74) is 1.37. The van der Waals surface area contributed by atoms with Crippen LogP contribution < -0.4 is 16.0 Å². The second-order valence-electron chi connectivity index (χ2n) is 7.32. The first-order chi connectivity index (χ1) is 16.3. The Morgan fingerprint density at radius 2 is 1.65 bits per heavy atom. The second-order valence-corrected chi connectivity index (χ2v) is 9.26. The number of nitrogens with zero attached hydrogens (tertiary/aromatic N) is 1. The first kappa shape index (κ1) is 25.0. The molecule has 3 rings (SSSR count). The molecule has 1 aromatic heterocycles. The number of nitrogens with one attached hydrogen (secondary N) is 3. The van der Waals surface area contributed by atoms with Crippen LogP contribution in [-0.2, 0) is 21.4 Å². The van der Waals surface area contributed by atoms with E-state index < -0.39 is 10.0 Å². The van der Waals surface area contributed by atoms with E-state index in [1.54, 1.807) is 62.4 Å². The van der Waals surface area contributed by atoms with E-state index in [1.807, 2.05) is 0 Å². The van der Waals surface area contributed by atoms with Crippen LogP contribution >= 0.6 is 0 Å². The fraction of sp³-hybridized carbons (Fsp3) is 0.250. The van der Waals surface area contributed by atoms with Crippen LogP contribution in [0, 0.1) is 0 Å². The van der Waals surface area contributed by atoms with Crippen molar-refractivity contribution in [2.24, 2.45) is 0 Å². The van der Waals surface area contributed by atoms with Gasteiger partial charge < -0.3 is 20.4 Å². The predicted octanol–water partition coefficient (Wildman–Crippen LogP) is 3.29. The van der Waals surface area contributed by atoms with Gasteiger partial charge in [-0.25, -0.2) is 8.42 Å². The van der Waals surface area contributed by atoms with Crippen LogP contribution in [0.4, 0.5) is 11.4 Å². The molecule has 0 atom stereocenters. The highest BCUT2D eigenvalue weighted by atomic mass is 32.2. The highest BCUT2D eigenvalue weighted by Crippen LogP contribution is 2.19. The zero-order valence-electron chi connectivity index (χ0n) is 19.1. The van der Waals surface area contributed by atoms with E-state index in [0.717, 1.165) is 0 Å². The summed E-state index contributed by atoms with van der Waals surface area (Å²) < 4.78 is 31.7. The zero-order chi connectivity index (χ0) is 24.6. The van der Waals surface area contributed by atoms with Gasteiger partial charge in [-0.2, -0.15) is 4.31 Å². The van der Waals surface area contributed by atoms with Crippen LogP contribution in [-0.4, -0.2) is 44.2 Å². The average Bonchev–Trinajstić information content (AvgIpc) is 3.36. The highest BCUT2D eigenvalue weighted by Gasteiger charge is 2.21. The van der Waals surface area contributed by atoms with E-state index >= 15 is 0 Å². The molecule has 3 N–H and O–H groups in total. The van der Waals surface area contributed by atoms with E-state index in [1.165, 1.54) is 22.7 Å². The molecular formula is C24H28N4O5S. The third-order valence-electron chi connectivity index (χ3n) is 5.10. The number of hydrogen-bond donors (Lipinski definition) is 3. The van der Waals surface area contributed by atoms with Gasteiger partial charge in [-0.1, -0.05) is 26.0 Å². The Kier molecular flexibility index (Phi) is 8.44. The number of amides is 2. The minimum atomic E-state index is -3.56. The Bertz CT molecular complexity index is 1200. The van der Waals surface area contributed by atoms with Gasteiger partial charge in [0.15, 0.2) is 0 Å². The molecule has 0 aliphatic carbocycles. The van der Waals surface area contributed by atoms with Crippen LogP contribution in [0.15, 0.2) is 76.2 Å². The van der Waals surface area contributed by atoms with E-state index in [2.05, 4.69) is 16.0 Å². The van der Waals surface area contributed by atoms with E-state index in [-0.39, 0.29) is 29.8 Å². The number of rotatable bonds is 11. The van der Waals surface area contributed by atoms with Crippen molar-refractivity contribution in [2.75, 3.05) is 30.3 Å². The van der Waals surface area contributed by atoms with Crippen molar-refractivity contribution in [3.05, 3.63) is 78.3 Å². The normalized spacial score (nSPS) is 11.3. The van der Waals surface area contributed by atoms with Crippen molar-refractivity contribution in [3.8, 4) is 0 Å². The Hall–Kier alpha value is -3.63. The van der Waals surface area contributed by atoms with Gasteiger partial charge in [-0.15, -0.1) is 0 Å².